The summed E-state index contributed by atoms with van der Waals surface area (Å²) in [5.41, 5.74) is 1.07. The lowest BCUT2D eigenvalue weighted by Crippen LogP contribution is -2.24. The topological polar surface area (TPSA) is 81.6 Å². The highest BCUT2D eigenvalue weighted by Gasteiger charge is 2.01. The van der Waals surface area contributed by atoms with Crippen molar-refractivity contribution in [3.05, 3.63) is 29.8 Å². The fourth-order valence-electron chi connectivity index (χ4n) is 2.14. The van der Waals surface area contributed by atoms with Crippen LogP contribution < -0.4 is 10.6 Å². The number of amides is 1. The zero-order valence-electron chi connectivity index (χ0n) is 17.9. The van der Waals surface area contributed by atoms with Gasteiger partial charge in [-0.2, -0.15) is 0 Å². The van der Waals surface area contributed by atoms with E-state index in [4.69, 9.17) is 10.2 Å². The Morgan fingerprint density at radius 2 is 1.33 bits per heavy atom. The molecule has 0 spiro atoms. The van der Waals surface area contributed by atoms with Crippen LogP contribution in [0.1, 0.15) is 71.3 Å². The first-order chi connectivity index (χ1) is 13.1. The number of aryl methyl sites for hydroxylation is 1. The molecule has 0 saturated carbocycles. The van der Waals surface area contributed by atoms with Crippen LogP contribution in [-0.2, 0) is 11.2 Å². The number of aromatic hydroxyl groups is 1. The molecule has 0 atom stereocenters. The molecule has 1 amide bonds. The molecule has 0 aliphatic carbocycles. The Morgan fingerprint density at radius 1 is 0.852 bits per heavy atom. The van der Waals surface area contributed by atoms with Crippen LogP contribution in [0.3, 0.4) is 0 Å². The maximum absolute atomic E-state index is 11.4. The van der Waals surface area contributed by atoms with Gasteiger partial charge in [-0.25, -0.2) is 0 Å². The first-order valence-electron chi connectivity index (χ1n) is 10.3. The zero-order valence-corrected chi connectivity index (χ0v) is 17.9. The van der Waals surface area contributed by atoms with Gasteiger partial charge in [0.15, 0.2) is 0 Å². The molecule has 158 valence electrons. The van der Waals surface area contributed by atoms with Crippen LogP contribution in [-0.4, -0.2) is 42.9 Å². The van der Waals surface area contributed by atoms with Gasteiger partial charge < -0.3 is 20.8 Å². The number of aliphatic hydroxyl groups excluding tert-OH is 1. The number of phenolic OH excluding ortho intramolecular Hbond substituents is 1. The average molecular weight is 383 g/mol. The molecule has 0 radical (unpaired) electrons. The van der Waals surface area contributed by atoms with Gasteiger partial charge in [0.2, 0.25) is 5.91 Å². The molecule has 1 aromatic carbocycles. The predicted molar refractivity (Wildman–Crippen MR) is 115 cm³/mol. The molecular formula is C22H42N2O3. The van der Waals surface area contributed by atoms with Crippen molar-refractivity contribution >= 4 is 5.91 Å². The molecule has 1 aromatic rings. The maximum atomic E-state index is 11.4. The number of unbranched alkanes of at least 4 members (excludes halogenated alkanes) is 3. The Kier molecular flexibility index (Phi) is 23.0. The van der Waals surface area contributed by atoms with Crippen LogP contribution in [0.15, 0.2) is 24.3 Å². The number of hydrogen-bond donors (Lipinski definition) is 4. The maximum Gasteiger partial charge on any atom is 0.220 e. The first kappa shape index (κ1) is 27.6. The van der Waals surface area contributed by atoms with Crippen molar-refractivity contribution in [2.45, 2.75) is 72.1 Å². The van der Waals surface area contributed by atoms with E-state index in [2.05, 4.69) is 31.4 Å². The van der Waals surface area contributed by atoms with Gasteiger partial charge in [-0.1, -0.05) is 52.2 Å². The summed E-state index contributed by atoms with van der Waals surface area (Å²) in [7, 11) is 1.00. The van der Waals surface area contributed by atoms with E-state index in [9.17, 15) is 4.79 Å². The van der Waals surface area contributed by atoms with Crippen molar-refractivity contribution < 1.29 is 15.0 Å². The van der Waals surface area contributed by atoms with Gasteiger partial charge in [0.05, 0.1) is 0 Å². The van der Waals surface area contributed by atoms with Crippen molar-refractivity contribution in [2.75, 3.05) is 26.7 Å². The monoisotopic (exact) mass is 382 g/mol. The highest BCUT2D eigenvalue weighted by atomic mass is 16.3. The molecule has 4 N–H and O–H groups in total. The minimum absolute atomic E-state index is 0.0986. The third kappa shape index (κ3) is 20.6. The van der Waals surface area contributed by atoms with Crippen molar-refractivity contribution in [2.24, 2.45) is 0 Å². The van der Waals surface area contributed by atoms with E-state index in [0.717, 1.165) is 38.5 Å². The summed E-state index contributed by atoms with van der Waals surface area (Å²) < 4.78 is 0. The highest BCUT2D eigenvalue weighted by molar-refractivity contribution is 5.76. The third-order valence-corrected chi connectivity index (χ3v) is 3.84. The van der Waals surface area contributed by atoms with Crippen molar-refractivity contribution in [1.82, 2.24) is 10.6 Å². The van der Waals surface area contributed by atoms with E-state index in [-0.39, 0.29) is 11.7 Å². The summed E-state index contributed by atoms with van der Waals surface area (Å²) in [6.45, 7) is 9.73. The number of nitrogens with one attached hydrogen (secondary N) is 2. The van der Waals surface area contributed by atoms with Gasteiger partial charge in [-0.3, -0.25) is 4.79 Å². The van der Waals surface area contributed by atoms with E-state index < -0.39 is 0 Å². The summed E-state index contributed by atoms with van der Waals surface area (Å²) in [6.07, 6.45) is 8.61. The summed E-state index contributed by atoms with van der Waals surface area (Å²) >= 11 is 0. The highest BCUT2D eigenvalue weighted by Crippen LogP contribution is 2.10. The van der Waals surface area contributed by atoms with Crippen molar-refractivity contribution in [3.8, 4) is 5.75 Å². The van der Waals surface area contributed by atoms with Crippen molar-refractivity contribution in [3.63, 3.8) is 0 Å². The summed E-state index contributed by atoms with van der Waals surface area (Å²) in [5, 5.41) is 22.4. The second-order valence-corrected chi connectivity index (χ2v) is 6.33. The minimum atomic E-state index is 0.0986. The third-order valence-electron chi connectivity index (χ3n) is 3.84. The van der Waals surface area contributed by atoms with Gasteiger partial charge in [-0.05, 0) is 56.5 Å². The van der Waals surface area contributed by atoms with E-state index in [0.29, 0.717) is 6.42 Å². The Morgan fingerprint density at radius 3 is 1.81 bits per heavy atom. The number of rotatable bonds is 12. The van der Waals surface area contributed by atoms with E-state index in [1.54, 1.807) is 12.1 Å². The summed E-state index contributed by atoms with van der Waals surface area (Å²) in [5.74, 6) is 0.359. The van der Waals surface area contributed by atoms with Crippen LogP contribution >= 0.6 is 0 Å². The predicted octanol–water partition coefficient (Wildman–Crippen LogP) is 4.03. The van der Waals surface area contributed by atoms with Gasteiger partial charge >= 0.3 is 0 Å². The molecule has 0 aliphatic heterocycles. The number of phenols is 1. The largest absolute Gasteiger partial charge is 0.508 e. The molecule has 5 heteroatoms. The second-order valence-electron chi connectivity index (χ2n) is 6.33. The number of hydrogen-bond acceptors (Lipinski definition) is 4. The standard InChI is InChI=1S/C13H19NO2.C8H19N.CH4O/c1-2-3-10-14-13(16)9-6-11-4-7-12(15)8-5-11;1-3-5-7-9-8-6-4-2;1-2/h4-5,7-8,15H,2-3,6,9-10H2,1H3,(H,14,16);9H,3-8H2,1-2H3;2H,1H3. The molecule has 0 fully saturated rings. The Labute approximate surface area is 166 Å². The normalized spacial score (nSPS) is 9.52. The van der Waals surface area contributed by atoms with Gasteiger partial charge in [0.25, 0.3) is 0 Å². The molecule has 0 unspecified atom stereocenters. The molecule has 0 bridgehead atoms. The summed E-state index contributed by atoms with van der Waals surface area (Å²) in [6, 6.07) is 6.97. The minimum Gasteiger partial charge on any atom is -0.508 e. The lowest BCUT2D eigenvalue weighted by Gasteiger charge is -2.04. The molecule has 1 rings (SSSR count). The Bertz CT molecular complexity index is 416. The molecule has 0 saturated heterocycles. The smallest absolute Gasteiger partial charge is 0.220 e. The van der Waals surface area contributed by atoms with Gasteiger partial charge in [0, 0.05) is 20.1 Å². The molecule has 0 heterocycles. The van der Waals surface area contributed by atoms with Crippen LogP contribution in [0.25, 0.3) is 0 Å². The summed E-state index contributed by atoms with van der Waals surface area (Å²) in [4.78, 5) is 11.4. The van der Waals surface area contributed by atoms with E-state index in [1.165, 1.54) is 38.8 Å². The quantitative estimate of drug-likeness (QED) is 0.412. The number of aliphatic hydroxyl groups is 1. The van der Waals surface area contributed by atoms with Crippen molar-refractivity contribution in [1.29, 1.82) is 0 Å². The van der Waals surface area contributed by atoms with Crippen LogP contribution in [0.4, 0.5) is 0 Å². The lowest BCUT2D eigenvalue weighted by atomic mass is 10.1. The molecular weight excluding hydrogens is 340 g/mol. The fraction of sp³-hybridized carbons (Fsp3) is 0.682. The Balaban J connectivity index is 0. The van der Waals surface area contributed by atoms with E-state index >= 15 is 0 Å². The lowest BCUT2D eigenvalue weighted by molar-refractivity contribution is -0.121. The fourth-order valence-corrected chi connectivity index (χ4v) is 2.14. The number of benzene rings is 1. The SMILES string of the molecule is CCCCNC(=O)CCc1ccc(O)cc1.CCCCNCCCC.CO. The first-order valence-corrected chi connectivity index (χ1v) is 10.3. The Hall–Kier alpha value is -1.59. The zero-order chi connectivity index (χ0) is 20.8. The van der Waals surface area contributed by atoms with Crippen LogP contribution in [0.5, 0.6) is 5.75 Å². The molecule has 0 aliphatic rings. The van der Waals surface area contributed by atoms with E-state index in [1.807, 2.05) is 12.1 Å². The molecule has 27 heavy (non-hydrogen) atoms. The number of carbonyl (C=O) groups is 1. The second kappa shape index (κ2) is 22.5. The molecule has 5 nitrogen and oxygen atoms in total. The van der Waals surface area contributed by atoms with Crippen LogP contribution in [0.2, 0.25) is 0 Å². The van der Waals surface area contributed by atoms with Gasteiger partial charge in [-0.15, -0.1) is 0 Å². The van der Waals surface area contributed by atoms with Gasteiger partial charge in [0.1, 0.15) is 5.75 Å². The van der Waals surface area contributed by atoms with Crippen LogP contribution in [0, 0.1) is 0 Å². The average Bonchev–Trinajstić information content (AvgIpc) is 2.70. The molecule has 0 aromatic heterocycles. The number of carbonyl (C=O) groups excluding carboxylic acids is 1.